The van der Waals surface area contributed by atoms with E-state index < -0.39 is 5.82 Å². The van der Waals surface area contributed by atoms with Crippen molar-refractivity contribution in [3.05, 3.63) is 63.3 Å². The van der Waals surface area contributed by atoms with E-state index in [0.717, 1.165) is 5.69 Å². The van der Waals surface area contributed by atoms with Crippen LogP contribution in [-0.4, -0.2) is 21.0 Å². The van der Waals surface area contributed by atoms with Crippen molar-refractivity contribution in [2.24, 2.45) is 0 Å². The van der Waals surface area contributed by atoms with E-state index in [2.05, 4.69) is 10.3 Å². The van der Waals surface area contributed by atoms with Crippen molar-refractivity contribution in [3.8, 4) is 0 Å². The molecule has 0 saturated carbocycles. The lowest BCUT2D eigenvalue weighted by molar-refractivity contribution is -0.113. The van der Waals surface area contributed by atoms with Gasteiger partial charge in [0.1, 0.15) is 5.82 Å². The molecule has 0 saturated heterocycles. The van der Waals surface area contributed by atoms with Gasteiger partial charge in [0.2, 0.25) is 5.91 Å². The minimum absolute atomic E-state index is 0.112. The number of aryl methyl sites for hydroxylation is 1. The molecule has 0 aliphatic heterocycles. The fourth-order valence-electron chi connectivity index (χ4n) is 2.19. The number of halogens is 1. The zero-order chi connectivity index (χ0) is 17.1. The zero-order valence-corrected chi connectivity index (χ0v) is 14.4. The molecule has 0 spiro atoms. The Kier molecular flexibility index (Phi) is 4.96. The van der Waals surface area contributed by atoms with Gasteiger partial charge in [-0.2, -0.15) is 0 Å². The molecule has 0 radical (unpaired) electrons. The van der Waals surface area contributed by atoms with Crippen LogP contribution in [0.5, 0.6) is 0 Å². The van der Waals surface area contributed by atoms with E-state index in [1.165, 1.54) is 47.4 Å². The number of hydrogen-bond acceptors (Lipinski definition) is 5. The molecule has 124 valence electrons. The summed E-state index contributed by atoms with van der Waals surface area (Å²) in [5.74, 6) is 0.0281. The van der Waals surface area contributed by atoms with Crippen molar-refractivity contribution in [1.82, 2.24) is 9.38 Å². The molecule has 1 amide bonds. The number of nitrogens with one attached hydrogen (secondary N) is 1. The Labute approximate surface area is 145 Å². The summed E-state index contributed by atoms with van der Waals surface area (Å²) in [5.41, 5.74) is 1.82. The third-order valence-corrected chi connectivity index (χ3v) is 5.13. The average molecular weight is 363 g/mol. The van der Waals surface area contributed by atoms with Crippen molar-refractivity contribution < 1.29 is 9.18 Å². The molecule has 3 rings (SSSR count). The van der Waals surface area contributed by atoms with Crippen molar-refractivity contribution in [1.29, 1.82) is 0 Å². The molecule has 3 aromatic rings. The van der Waals surface area contributed by atoms with E-state index >= 15 is 0 Å². The Morgan fingerprint density at radius 1 is 1.42 bits per heavy atom. The second-order valence-corrected chi connectivity index (χ2v) is 6.95. The number of thiazole rings is 1. The monoisotopic (exact) mass is 363 g/mol. The summed E-state index contributed by atoms with van der Waals surface area (Å²) >= 11 is 2.76. The molecule has 0 fully saturated rings. The number of thioether (sulfide) groups is 1. The first-order valence-corrected chi connectivity index (χ1v) is 9.16. The molecule has 0 aliphatic rings. The van der Waals surface area contributed by atoms with E-state index in [-0.39, 0.29) is 17.2 Å². The number of anilines is 1. The Morgan fingerprint density at radius 3 is 3.04 bits per heavy atom. The maximum Gasteiger partial charge on any atom is 0.258 e. The smallest absolute Gasteiger partial charge is 0.258 e. The van der Waals surface area contributed by atoms with Gasteiger partial charge in [-0.1, -0.05) is 6.07 Å². The van der Waals surface area contributed by atoms with Crippen LogP contribution in [0.1, 0.15) is 11.4 Å². The molecule has 8 heteroatoms. The number of benzene rings is 1. The number of carbonyl (C=O) groups is 1. The third-order valence-electron chi connectivity index (χ3n) is 3.22. The fourth-order valence-corrected chi connectivity index (χ4v) is 3.79. The number of hydrogen-bond donors (Lipinski definition) is 1. The van der Waals surface area contributed by atoms with E-state index in [0.29, 0.717) is 22.1 Å². The predicted molar refractivity (Wildman–Crippen MR) is 95.3 cm³/mol. The number of rotatable bonds is 5. The molecule has 1 N–H and O–H groups in total. The van der Waals surface area contributed by atoms with Crippen LogP contribution in [0.15, 0.2) is 40.5 Å². The first-order chi connectivity index (χ1) is 11.5. The van der Waals surface area contributed by atoms with Gasteiger partial charge >= 0.3 is 0 Å². The molecule has 2 aromatic heterocycles. The lowest BCUT2D eigenvalue weighted by Crippen LogP contribution is -2.16. The SMILES string of the molecule is Cc1csc2nc(CSCC(=O)Nc3cccc(F)c3)cc(=O)n12. The largest absolute Gasteiger partial charge is 0.325 e. The van der Waals surface area contributed by atoms with Gasteiger partial charge in [0, 0.05) is 28.6 Å². The number of aromatic nitrogens is 2. The van der Waals surface area contributed by atoms with Gasteiger partial charge < -0.3 is 5.32 Å². The lowest BCUT2D eigenvalue weighted by atomic mass is 10.3. The van der Waals surface area contributed by atoms with Crippen LogP contribution in [0.3, 0.4) is 0 Å². The molecule has 0 aliphatic carbocycles. The molecular weight excluding hydrogens is 349 g/mol. The summed E-state index contributed by atoms with van der Waals surface area (Å²) in [7, 11) is 0. The highest BCUT2D eigenvalue weighted by Gasteiger charge is 2.08. The van der Waals surface area contributed by atoms with Crippen molar-refractivity contribution >= 4 is 39.7 Å². The second-order valence-electron chi connectivity index (χ2n) is 5.13. The number of carbonyl (C=O) groups excluding carboxylic acids is 1. The molecule has 0 unspecified atom stereocenters. The summed E-state index contributed by atoms with van der Waals surface area (Å²) in [5, 5.41) is 4.51. The van der Waals surface area contributed by atoms with Gasteiger partial charge in [0.05, 0.1) is 11.4 Å². The highest BCUT2D eigenvalue weighted by molar-refractivity contribution is 7.99. The van der Waals surface area contributed by atoms with Gasteiger partial charge in [-0.05, 0) is 25.1 Å². The van der Waals surface area contributed by atoms with Crippen LogP contribution >= 0.6 is 23.1 Å². The van der Waals surface area contributed by atoms with Gasteiger partial charge in [0.25, 0.3) is 5.56 Å². The van der Waals surface area contributed by atoms with E-state index in [4.69, 9.17) is 0 Å². The highest BCUT2D eigenvalue weighted by Crippen LogP contribution is 2.15. The van der Waals surface area contributed by atoms with E-state index in [1.54, 1.807) is 10.5 Å². The van der Waals surface area contributed by atoms with Crippen LogP contribution in [0.2, 0.25) is 0 Å². The first kappa shape index (κ1) is 16.7. The third kappa shape index (κ3) is 3.82. The summed E-state index contributed by atoms with van der Waals surface area (Å²) in [6.45, 7) is 1.86. The maximum atomic E-state index is 13.1. The van der Waals surface area contributed by atoms with Gasteiger partial charge in [-0.25, -0.2) is 9.37 Å². The second kappa shape index (κ2) is 7.14. The summed E-state index contributed by atoms with van der Waals surface area (Å²) in [6, 6.07) is 7.23. The zero-order valence-electron chi connectivity index (χ0n) is 12.8. The molecular formula is C16H14FN3O2S2. The fraction of sp³-hybridized carbons (Fsp3) is 0.188. The van der Waals surface area contributed by atoms with Crippen LogP contribution < -0.4 is 10.9 Å². The van der Waals surface area contributed by atoms with Gasteiger partial charge in [-0.3, -0.25) is 14.0 Å². The van der Waals surface area contributed by atoms with Gasteiger partial charge in [-0.15, -0.1) is 23.1 Å². The Morgan fingerprint density at radius 2 is 2.25 bits per heavy atom. The first-order valence-electron chi connectivity index (χ1n) is 7.13. The standard InChI is InChI=1S/C16H14FN3O2S2/c1-10-7-24-16-19-13(6-15(22)20(10)16)8-23-9-14(21)18-12-4-2-3-11(17)5-12/h2-7H,8-9H2,1H3,(H,18,21). The van der Waals surface area contributed by atoms with Crippen molar-refractivity contribution in [3.63, 3.8) is 0 Å². The molecule has 0 bridgehead atoms. The number of amides is 1. The Hall–Kier alpha value is -2.19. The van der Waals surface area contributed by atoms with Crippen molar-refractivity contribution in [2.45, 2.75) is 12.7 Å². The van der Waals surface area contributed by atoms with E-state index in [1.807, 2.05) is 12.3 Å². The quantitative estimate of drug-likeness (QED) is 0.757. The topological polar surface area (TPSA) is 63.5 Å². The lowest BCUT2D eigenvalue weighted by Gasteiger charge is -2.05. The predicted octanol–water partition coefficient (Wildman–Crippen LogP) is 3.08. The van der Waals surface area contributed by atoms with Crippen LogP contribution in [0, 0.1) is 12.7 Å². The van der Waals surface area contributed by atoms with Crippen LogP contribution in [0.25, 0.3) is 4.96 Å². The summed E-state index contributed by atoms with van der Waals surface area (Å²) < 4.78 is 14.6. The molecule has 24 heavy (non-hydrogen) atoms. The minimum atomic E-state index is -0.398. The average Bonchev–Trinajstić information content (AvgIpc) is 2.89. The molecule has 5 nitrogen and oxygen atoms in total. The Bertz CT molecular complexity index is 952. The normalized spacial score (nSPS) is 10.9. The summed E-state index contributed by atoms with van der Waals surface area (Å²) in [6.07, 6.45) is 0. The maximum absolute atomic E-state index is 13.1. The van der Waals surface area contributed by atoms with Crippen LogP contribution in [0.4, 0.5) is 10.1 Å². The summed E-state index contributed by atoms with van der Waals surface area (Å²) in [4.78, 5) is 29.0. The number of nitrogens with zero attached hydrogens (tertiary/aromatic N) is 2. The van der Waals surface area contributed by atoms with Crippen molar-refractivity contribution in [2.75, 3.05) is 11.1 Å². The van der Waals surface area contributed by atoms with Gasteiger partial charge in [0.15, 0.2) is 4.96 Å². The number of fused-ring (bicyclic) bond motifs is 1. The highest BCUT2D eigenvalue weighted by atomic mass is 32.2. The van der Waals surface area contributed by atoms with Crippen LogP contribution in [-0.2, 0) is 10.5 Å². The molecule has 0 atom stereocenters. The Balaban J connectivity index is 1.58. The molecule has 2 heterocycles. The van der Waals surface area contributed by atoms with E-state index in [9.17, 15) is 14.0 Å². The molecule has 1 aromatic carbocycles. The minimum Gasteiger partial charge on any atom is -0.325 e.